The first-order valence-corrected chi connectivity index (χ1v) is 6.83. The molecule has 0 aliphatic carbocycles. The summed E-state index contributed by atoms with van der Waals surface area (Å²) in [6.07, 6.45) is -1.94. The zero-order valence-corrected chi connectivity index (χ0v) is 11.7. The van der Waals surface area contributed by atoms with Gasteiger partial charge in [-0.2, -0.15) is 0 Å². The van der Waals surface area contributed by atoms with Crippen LogP contribution in [0.1, 0.15) is 25.3 Å². The minimum absolute atomic E-state index is 0.0242. The molecule has 1 aliphatic heterocycles. The van der Waals surface area contributed by atoms with Gasteiger partial charge >= 0.3 is 6.36 Å². The van der Waals surface area contributed by atoms with E-state index in [1.54, 1.807) is 12.1 Å². The number of rotatable bonds is 5. The number of ether oxygens (including phenoxy) is 2. The number of alkyl halides is 3. The predicted octanol–water partition coefficient (Wildman–Crippen LogP) is 2.53. The van der Waals surface area contributed by atoms with E-state index in [1.165, 1.54) is 12.1 Å². The Bertz CT molecular complexity index is 451. The number of hydrazine groups is 1. The van der Waals surface area contributed by atoms with Crippen molar-refractivity contribution in [3.05, 3.63) is 29.8 Å². The van der Waals surface area contributed by atoms with Crippen LogP contribution in [0.15, 0.2) is 24.3 Å². The molecule has 1 heterocycles. The highest BCUT2D eigenvalue weighted by Crippen LogP contribution is 2.25. The third-order valence-corrected chi connectivity index (χ3v) is 3.54. The van der Waals surface area contributed by atoms with Crippen LogP contribution < -0.4 is 16.0 Å². The summed E-state index contributed by atoms with van der Waals surface area (Å²) in [5.41, 5.74) is 3.60. The molecule has 1 saturated heterocycles. The van der Waals surface area contributed by atoms with Gasteiger partial charge in [-0.1, -0.05) is 12.1 Å². The summed E-state index contributed by atoms with van der Waals surface area (Å²) in [4.78, 5) is 0. The molecular weight excluding hydrogens is 285 g/mol. The highest BCUT2D eigenvalue weighted by molar-refractivity contribution is 5.28. The Kier molecular flexibility index (Phi) is 5.08. The Morgan fingerprint density at radius 2 is 2.00 bits per heavy atom. The average Bonchev–Trinajstić information content (AvgIpc) is 2.82. The van der Waals surface area contributed by atoms with Gasteiger partial charge in [-0.15, -0.1) is 13.2 Å². The Labute approximate surface area is 121 Å². The van der Waals surface area contributed by atoms with Crippen LogP contribution in [0.2, 0.25) is 0 Å². The van der Waals surface area contributed by atoms with E-state index in [0.29, 0.717) is 6.42 Å². The molecule has 1 aliphatic rings. The van der Waals surface area contributed by atoms with Crippen LogP contribution in [0, 0.1) is 0 Å². The molecule has 1 fully saturated rings. The first-order valence-electron chi connectivity index (χ1n) is 6.83. The van der Waals surface area contributed by atoms with Crippen molar-refractivity contribution < 1.29 is 22.6 Å². The largest absolute Gasteiger partial charge is 0.573 e. The molecule has 0 spiro atoms. The highest BCUT2D eigenvalue weighted by Gasteiger charge is 2.31. The second kappa shape index (κ2) is 6.64. The fourth-order valence-electron chi connectivity index (χ4n) is 2.51. The molecule has 3 atom stereocenters. The van der Waals surface area contributed by atoms with E-state index in [-0.39, 0.29) is 24.0 Å². The van der Waals surface area contributed by atoms with E-state index in [1.807, 2.05) is 6.92 Å². The van der Waals surface area contributed by atoms with Crippen molar-refractivity contribution in [1.29, 1.82) is 0 Å². The molecule has 0 amide bonds. The Morgan fingerprint density at radius 1 is 1.33 bits per heavy atom. The standard InChI is InChI=1S/C14H19F3N2O2/c1-9-2-7-13(20-9)12(19-18)8-10-3-5-11(6-4-10)21-14(15,16)17/h3-6,9,12-13,19H,2,7-8,18H2,1H3. The van der Waals surface area contributed by atoms with Crippen LogP contribution in [0.5, 0.6) is 5.75 Å². The summed E-state index contributed by atoms with van der Waals surface area (Å²) < 4.78 is 45.8. The molecule has 2 rings (SSSR count). The third-order valence-electron chi connectivity index (χ3n) is 3.54. The monoisotopic (exact) mass is 304 g/mol. The number of halogens is 3. The van der Waals surface area contributed by atoms with Gasteiger partial charge in [-0.3, -0.25) is 11.3 Å². The number of hydrogen-bond acceptors (Lipinski definition) is 4. The van der Waals surface area contributed by atoms with Crippen LogP contribution in [0.4, 0.5) is 13.2 Å². The number of hydrogen-bond donors (Lipinski definition) is 2. The molecule has 118 valence electrons. The van der Waals surface area contributed by atoms with Gasteiger partial charge in [0.15, 0.2) is 0 Å². The molecular formula is C14H19F3N2O2. The predicted molar refractivity (Wildman–Crippen MR) is 71.5 cm³/mol. The van der Waals surface area contributed by atoms with Crippen LogP contribution in [-0.2, 0) is 11.2 Å². The zero-order chi connectivity index (χ0) is 15.5. The Hall–Kier alpha value is -1.31. The summed E-state index contributed by atoms with van der Waals surface area (Å²) in [6, 6.07) is 5.74. The van der Waals surface area contributed by atoms with Crippen LogP contribution >= 0.6 is 0 Å². The average molecular weight is 304 g/mol. The molecule has 4 nitrogen and oxygen atoms in total. The third kappa shape index (κ3) is 4.87. The van der Waals surface area contributed by atoms with Crippen molar-refractivity contribution >= 4 is 0 Å². The maximum Gasteiger partial charge on any atom is 0.573 e. The van der Waals surface area contributed by atoms with Crippen LogP contribution in [-0.4, -0.2) is 24.6 Å². The van der Waals surface area contributed by atoms with E-state index in [4.69, 9.17) is 10.6 Å². The Morgan fingerprint density at radius 3 is 2.48 bits per heavy atom. The summed E-state index contributed by atoms with van der Waals surface area (Å²) in [5, 5.41) is 0. The van der Waals surface area contributed by atoms with Gasteiger partial charge in [0, 0.05) is 0 Å². The molecule has 1 aromatic rings. The van der Waals surface area contributed by atoms with E-state index >= 15 is 0 Å². The fraction of sp³-hybridized carbons (Fsp3) is 0.571. The van der Waals surface area contributed by atoms with E-state index in [9.17, 15) is 13.2 Å². The van der Waals surface area contributed by atoms with E-state index in [0.717, 1.165) is 18.4 Å². The van der Waals surface area contributed by atoms with Crippen molar-refractivity contribution in [2.24, 2.45) is 5.84 Å². The lowest BCUT2D eigenvalue weighted by atomic mass is 10.00. The topological polar surface area (TPSA) is 56.5 Å². The summed E-state index contributed by atoms with van der Waals surface area (Å²) in [5.74, 6) is 5.33. The van der Waals surface area contributed by atoms with Crippen LogP contribution in [0.3, 0.4) is 0 Å². The van der Waals surface area contributed by atoms with Gasteiger partial charge in [0.2, 0.25) is 0 Å². The van der Waals surface area contributed by atoms with Crippen molar-refractivity contribution in [2.75, 3.05) is 0 Å². The van der Waals surface area contributed by atoms with Gasteiger partial charge in [-0.25, -0.2) is 0 Å². The van der Waals surface area contributed by atoms with Gasteiger partial charge in [0.25, 0.3) is 0 Å². The van der Waals surface area contributed by atoms with Crippen molar-refractivity contribution in [3.63, 3.8) is 0 Å². The van der Waals surface area contributed by atoms with Gasteiger partial charge in [0.05, 0.1) is 18.2 Å². The zero-order valence-electron chi connectivity index (χ0n) is 11.7. The first kappa shape index (κ1) is 16.1. The minimum atomic E-state index is -4.67. The SMILES string of the molecule is CC1CCC(C(Cc2ccc(OC(F)(F)F)cc2)NN)O1. The first-order chi connectivity index (χ1) is 9.87. The molecule has 7 heteroatoms. The summed E-state index contributed by atoms with van der Waals surface area (Å²) in [6.45, 7) is 2.01. The number of nitrogens with two attached hydrogens (primary N) is 1. The maximum atomic E-state index is 12.1. The summed E-state index contributed by atoms with van der Waals surface area (Å²) >= 11 is 0. The quantitative estimate of drug-likeness (QED) is 0.648. The van der Waals surface area contributed by atoms with E-state index in [2.05, 4.69) is 10.2 Å². The molecule has 3 N–H and O–H groups in total. The normalized spacial score (nSPS) is 24.0. The lowest BCUT2D eigenvalue weighted by Gasteiger charge is -2.23. The molecule has 1 aromatic carbocycles. The molecule has 21 heavy (non-hydrogen) atoms. The highest BCUT2D eigenvalue weighted by atomic mass is 19.4. The molecule has 0 bridgehead atoms. The molecule has 3 unspecified atom stereocenters. The lowest BCUT2D eigenvalue weighted by Crippen LogP contribution is -2.45. The molecule has 0 saturated carbocycles. The Balaban J connectivity index is 1.95. The second-order valence-electron chi connectivity index (χ2n) is 5.23. The van der Waals surface area contributed by atoms with Crippen molar-refractivity contribution in [1.82, 2.24) is 5.43 Å². The summed E-state index contributed by atoms with van der Waals surface area (Å²) in [7, 11) is 0. The lowest BCUT2D eigenvalue weighted by molar-refractivity contribution is -0.274. The van der Waals surface area contributed by atoms with E-state index < -0.39 is 6.36 Å². The van der Waals surface area contributed by atoms with Crippen molar-refractivity contribution in [2.45, 2.75) is 50.8 Å². The fourth-order valence-corrected chi connectivity index (χ4v) is 2.51. The van der Waals surface area contributed by atoms with Gasteiger partial charge in [-0.05, 0) is 43.9 Å². The van der Waals surface area contributed by atoms with Crippen molar-refractivity contribution in [3.8, 4) is 5.75 Å². The minimum Gasteiger partial charge on any atom is -0.406 e. The van der Waals surface area contributed by atoms with Gasteiger partial charge in [0.1, 0.15) is 5.75 Å². The van der Waals surface area contributed by atoms with Crippen LogP contribution in [0.25, 0.3) is 0 Å². The van der Waals surface area contributed by atoms with Gasteiger partial charge < -0.3 is 9.47 Å². The number of benzene rings is 1. The molecule has 0 radical (unpaired) electrons. The maximum absolute atomic E-state index is 12.1. The number of nitrogens with one attached hydrogen (secondary N) is 1. The second-order valence-corrected chi connectivity index (χ2v) is 5.23. The molecule has 0 aromatic heterocycles. The smallest absolute Gasteiger partial charge is 0.406 e.